The van der Waals surface area contributed by atoms with Crippen molar-refractivity contribution in [2.24, 2.45) is 23.7 Å². The van der Waals surface area contributed by atoms with Crippen LogP contribution >= 0.6 is 0 Å². The maximum absolute atomic E-state index is 13.2. The van der Waals surface area contributed by atoms with Crippen molar-refractivity contribution in [2.75, 3.05) is 4.90 Å². The Bertz CT molecular complexity index is 838. The van der Waals surface area contributed by atoms with Crippen LogP contribution in [0.3, 0.4) is 0 Å². The minimum atomic E-state index is -3.76. The van der Waals surface area contributed by atoms with Crippen molar-refractivity contribution in [3.63, 3.8) is 0 Å². The van der Waals surface area contributed by atoms with E-state index in [1.165, 1.54) is 18.2 Å². The first-order valence-corrected chi connectivity index (χ1v) is 8.16. The molecular weight excluding hydrogens is 336 g/mol. The monoisotopic (exact) mass is 349 g/mol. The van der Waals surface area contributed by atoms with Gasteiger partial charge in [-0.25, -0.2) is 4.90 Å². The molecule has 0 radical (unpaired) electrons. The van der Waals surface area contributed by atoms with E-state index < -0.39 is 30.0 Å². The van der Waals surface area contributed by atoms with Crippen molar-refractivity contribution in [3.05, 3.63) is 18.2 Å². The number of ether oxygens (including phenoxy) is 2. The second kappa shape index (κ2) is 4.56. The Morgan fingerprint density at radius 3 is 2.48 bits per heavy atom. The summed E-state index contributed by atoms with van der Waals surface area (Å²) in [5, 5.41) is 0. The van der Waals surface area contributed by atoms with Gasteiger partial charge in [0.15, 0.2) is 11.5 Å². The van der Waals surface area contributed by atoms with E-state index >= 15 is 0 Å². The zero-order chi connectivity index (χ0) is 17.5. The van der Waals surface area contributed by atoms with Gasteiger partial charge in [-0.15, -0.1) is 8.78 Å². The second-order valence-electron chi connectivity index (χ2n) is 6.98. The average Bonchev–Trinajstić information content (AvgIpc) is 3.01. The first-order valence-electron chi connectivity index (χ1n) is 8.16. The maximum Gasteiger partial charge on any atom is 0.586 e. The molecule has 2 heterocycles. The topological polar surface area (TPSA) is 72.9 Å². The molecule has 3 saturated carbocycles. The Hall–Kier alpha value is -2.51. The third-order valence-corrected chi connectivity index (χ3v) is 5.71. The third kappa shape index (κ3) is 1.90. The quantitative estimate of drug-likeness (QED) is 0.726. The molecular formula is C17H13F2NO5. The fourth-order valence-electron chi connectivity index (χ4n) is 4.72. The molecule has 1 aromatic rings. The van der Waals surface area contributed by atoms with Gasteiger partial charge in [-0.1, -0.05) is 0 Å². The Labute approximate surface area is 140 Å². The van der Waals surface area contributed by atoms with Crippen LogP contribution in [0.25, 0.3) is 0 Å². The number of hydrogen-bond donors (Lipinski definition) is 0. The lowest BCUT2D eigenvalue weighted by Crippen LogP contribution is -2.46. The molecule has 0 aromatic heterocycles. The van der Waals surface area contributed by atoms with Gasteiger partial charge in [0.05, 0.1) is 17.5 Å². The number of carbonyl (C=O) groups is 3. The molecule has 2 bridgehead atoms. The first kappa shape index (κ1) is 14.8. The Kier molecular flexibility index (Phi) is 2.70. The predicted octanol–water partition coefficient (Wildman–Crippen LogP) is 2.11. The number of rotatable bonds is 1. The van der Waals surface area contributed by atoms with Gasteiger partial charge < -0.3 is 9.47 Å². The highest BCUT2D eigenvalue weighted by molar-refractivity contribution is 6.23. The number of ketones is 1. The zero-order valence-electron chi connectivity index (χ0n) is 12.9. The lowest BCUT2D eigenvalue weighted by Gasteiger charge is -2.41. The van der Waals surface area contributed by atoms with E-state index in [9.17, 15) is 23.2 Å². The van der Waals surface area contributed by atoms with Gasteiger partial charge in [0.25, 0.3) is 0 Å². The van der Waals surface area contributed by atoms with Gasteiger partial charge in [0, 0.05) is 18.4 Å². The highest BCUT2D eigenvalue weighted by atomic mass is 19.3. The summed E-state index contributed by atoms with van der Waals surface area (Å²) in [4.78, 5) is 38.8. The Morgan fingerprint density at radius 2 is 1.72 bits per heavy atom. The Morgan fingerprint density at radius 1 is 1.00 bits per heavy atom. The number of amides is 2. The summed E-state index contributed by atoms with van der Waals surface area (Å²) in [6, 6.07) is 3.82. The van der Waals surface area contributed by atoms with Gasteiger partial charge in [-0.3, -0.25) is 14.4 Å². The number of anilines is 1. The number of nitrogens with zero attached hydrogens (tertiary/aromatic N) is 1. The summed E-state index contributed by atoms with van der Waals surface area (Å²) >= 11 is 0. The minimum absolute atomic E-state index is 0.0471. The van der Waals surface area contributed by atoms with Gasteiger partial charge in [-0.2, -0.15) is 0 Å². The average molecular weight is 349 g/mol. The van der Waals surface area contributed by atoms with Crippen LogP contribution in [0.1, 0.15) is 19.3 Å². The molecule has 4 fully saturated rings. The molecule has 6 nitrogen and oxygen atoms in total. The number of alkyl halides is 2. The molecule has 3 aliphatic carbocycles. The van der Waals surface area contributed by atoms with Crippen LogP contribution in [0.5, 0.6) is 11.5 Å². The summed E-state index contributed by atoms with van der Waals surface area (Å²) in [5.74, 6) is -2.75. The molecule has 0 spiro atoms. The van der Waals surface area contributed by atoms with E-state index in [1.54, 1.807) is 0 Å². The molecule has 4 atom stereocenters. The van der Waals surface area contributed by atoms with Gasteiger partial charge in [0.1, 0.15) is 5.78 Å². The zero-order valence-corrected chi connectivity index (χ0v) is 12.9. The SMILES string of the molecule is O=C1C[C@@H]2CC[C@H]1[C@@H]1C(=O)N(c3ccc4c(c3)OC(F)(F)O4)C(=O)[C@H]21. The number of Topliss-reactive ketones (excluding diaryl/α,β-unsaturated/α-hetero) is 1. The lowest BCUT2D eigenvalue weighted by molar-refractivity contribution is -0.286. The lowest BCUT2D eigenvalue weighted by atomic mass is 9.59. The molecule has 6 rings (SSSR count). The van der Waals surface area contributed by atoms with Crippen molar-refractivity contribution in [2.45, 2.75) is 25.6 Å². The van der Waals surface area contributed by atoms with E-state index in [2.05, 4.69) is 9.47 Å². The summed E-state index contributed by atoms with van der Waals surface area (Å²) in [6.07, 6.45) is -2.03. The maximum atomic E-state index is 13.2. The third-order valence-electron chi connectivity index (χ3n) is 5.71. The second-order valence-corrected chi connectivity index (χ2v) is 6.98. The van der Waals surface area contributed by atoms with Gasteiger partial charge in [-0.05, 0) is 30.9 Å². The van der Waals surface area contributed by atoms with Crippen molar-refractivity contribution in [3.8, 4) is 11.5 Å². The predicted molar refractivity (Wildman–Crippen MR) is 78.0 cm³/mol. The minimum Gasteiger partial charge on any atom is -0.395 e. The largest absolute Gasteiger partial charge is 0.586 e. The first-order chi connectivity index (χ1) is 11.9. The van der Waals surface area contributed by atoms with Crippen LogP contribution in [0.15, 0.2) is 18.2 Å². The molecule has 2 amide bonds. The fourth-order valence-corrected chi connectivity index (χ4v) is 4.72. The highest BCUT2D eigenvalue weighted by Gasteiger charge is 2.61. The molecule has 130 valence electrons. The molecule has 1 saturated heterocycles. The van der Waals surface area contributed by atoms with Gasteiger partial charge >= 0.3 is 6.29 Å². The van der Waals surface area contributed by atoms with Crippen LogP contribution in [0, 0.1) is 23.7 Å². The molecule has 0 N–H and O–H groups in total. The van der Waals surface area contributed by atoms with Crippen molar-refractivity contribution in [1.82, 2.24) is 0 Å². The summed E-state index contributed by atoms with van der Waals surface area (Å²) in [6.45, 7) is 0. The van der Waals surface area contributed by atoms with Crippen molar-refractivity contribution in [1.29, 1.82) is 0 Å². The number of halogens is 2. The smallest absolute Gasteiger partial charge is 0.395 e. The number of imide groups is 1. The van der Waals surface area contributed by atoms with Crippen molar-refractivity contribution < 1.29 is 32.6 Å². The number of carbonyl (C=O) groups excluding carboxylic acids is 3. The molecule has 2 aliphatic heterocycles. The molecule has 5 aliphatic rings. The van der Waals surface area contributed by atoms with Gasteiger partial charge in [0.2, 0.25) is 11.8 Å². The number of fused-ring (bicyclic) bond motifs is 3. The van der Waals surface area contributed by atoms with E-state index in [0.717, 1.165) is 11.3 Å². The fraction of sp³-hybridized carbons (Fsp3) is 0.471. The molecule has 0 unspecified atom stereocenters. The molecule has 1 aromatic carbocycles. The van der Waals surface area contributed by atoms with E-state index in [0.29, 0.717) is 12.8 Å². The van der Waals surface area contributed by atoms with Crippen LogP contribution in [0.2, 0.25) is 0 Å². The van der Waals surface area contributed by atoms with E-state index in [4.69, 9.17) is 0 Å². The Balaban J connectivity index is 1.53. The number of benzene rings is 1. The number of hydrogen-bond acceptors (Lipinski definition) is 5. The van der Waals surface area contributed by atoms with E-state index in [-0.39, 0.29) is 34.8 Å². The molecule has 25 heavy (non-hydrogen) atoms. The summed E-state index contributed by atoms with van der Waals surface area (Å²) in [7, 11) is 0. The standard InChI is InChI=1S/C17H13F2NO5/c18-17(19)24-11-4-2-8(6-12(11)25-17)20-15(22)13-7-1-3-9(10(21)5-7)14(13)16(20)23/h2,4,6-7,9,13-14H,1,3,5H2/t7-,9+,13+,14-/m0/s1. The van der Waals surface area contributed by atoms with Crippen molar-refractivity contribution >= 4 is 23.3 Å². The van der Waals surface area contributed by atoms with Crippen LogP contribution in [-0.2, 0) is 14.4 Å². The highest BCUT2D eigenvalue weighted by Crippen LogP contribution is 2.53. The van der Waals surface area contributed by atoms with Crippen LogP contribution in [0.4, 0.5) is 14.5 Å². The normalized spacial score (nSPS) is 34.6. The van der Waals surface area contributed by atoms with Crippen LogP contribution in [-0.4, -0.2) is 23.9 Å². The van der Waals surface area contributed by atoms with E-state index in [1.807, 2.05) is 0 Å². The van der Waals surface area contributed by atoms with Crippen LogP contribution < -0.4 is 14.4 Å². The summed E-state index contributed by atoms with van der Waals surface area (Å²) < 4.78 is 35.1. The molecule has 8 heteroatoms. The summed E-state index contributed by atoms with van der Waals surface area (Å²) in [5.41, 5.74) is 0.163.